The zero-order valence-corrected chi connectivity index (χ0v) is 6.12. The summed E-state index contributed by atoms with van der Waals surface area (Å²) in [7, 11) is -3.97. The highest BCUT2D eigenvalue weighted by Crippen LogP contribution is 1.81. The predicted molar refractivity (Wildman–Crippen MR) is 35.1 cm³/mol. The first kappa shape index (κ1) is 11.0. The lowest BCUT2D eigenvalue weighted by molar-refractivity contribution is 0.503. The van der Waals surface area contributed by atoms with Gasteiger partial charge in [-0.1, -0.05) is 12.6 Å². The first-order valence-electron chi connectivity index (χ1n) is 1.15. The molecule has 0 aliphatic carbocycles. The summed E-state index contributed by atoms with van der Waals surface area (Å²) >= 11 is 5.74. The van der Waals surface area contributed by atoms with Crippen molar-refractivity contribution in [3.05, 3.63) is 0 Å². The molecule has 0 aromatic rings. The number of rotatable bonds is 0. The van der Waals surface area contributed by atoms with Gasteiger partial charge in [-0.3, -0.25) is 4.55 Å². The number of nitriles is 1. The molecule has 0 atom stereocenters. The fourth-order valence-electron chi connectivity index (χ4n) is 0. The maximum Gasteiger partial charge on any atom is 0.316 e. The van der Waals surface area contributed by atoms with Gasteiger partial charge in [0.1, 0.15) is 5.40 Å². The van der Waals surface area contributed by atoms with Gasteiger partial charge in [-0.15, -0.1) is 0 Å². The van der Waals surface area contributed by atoms with Gasteiger partial charge in [-0.05, 0) is 11.7 Å². The smallest absolute Gasteiger partial charge is 0.277 e. The highest BCUT2D eigenvalue weighted by atomic mass is 33.1. The Labute approximate surface area is 57.5 Å². The second kappa shape index (κ2) is 5.24. The van der Waals surface area contributed by atoms with Crippen LogP contribution in [0.1, 0.15) is 0 Å². The molecule has 4 nitrogen and oxygen atoms in total. The van der Waals surface area contributed by atoms with Crippen LogP contribution in [0.15, 0.2) is 0 Å². The van der Waals surface area contributed by atoms with E-state index in [1.807, 2.05) is 0 Å². The Morgan fingerprint density at radius 3 is 1.62 bits per heavy atom. The summed E-state index contributed by atoms with van der Waals surface area (Å²) in [4.78, 5) is 0. The van der Waals surface area contributed by atoms with Gasteiger partial charge in [-0.2, -0.15) is 13.7 Å². The molecule has 0 radical (unpaired) electrons. The Kier molecular flexibility index (Phi) is 7.19. The molecule has 0 amide bonds. The topological polar surface area (TPSA) is 78.2 Å². The standard InChI is InChI=1S/CHNS.H2O3S2/c2-1-3;1-5(2,3)4/h3H;(H2,1,2,3,4). The minimum Gasteiger partial charge on any atom is -0.277 e. The molecule has 0 aliphatic rings. The summed E-state index contributed by atoms with van der Waals surface area (Å²) in [5.41, 5.74) is 0. The lowest BCUT2D eigenvalue weighted by Gasteiger charge is -1.67. The van der Waals surface area contributed by atoms with E-state index in [4.69, 9.17) is 18.2 Å². The van der Waals surface area contributed by atoms with Crippen LogP contribution in [0.3, 0.4) is 0 Å². The quantitative estimate of drug-likeness (QED) is 0.210. The van der Waals surface area contributed by atoms with E-state index in [9.17, 15) is 0 Å². The van der Waals surface area contributed by atoms with Crippen molar-refractivity contribution in [2.45, 2.75) is 0 Å². The monoisotopic (exact) mass is 173 g/mol. The Morgan fingerprint density at radius 1 is 1.62 bits per heavy atom. The van der Waals surface area contributed by atoms with Crippen molar-refractivity contribution in [2.24, 2.45) is 0 Å². The summed E-state index contributed by atoms with van der Waals surface area (Å²) in [5, 5.41) is 8.63. The third-order valence-corrected chi connectivity index (χ3v) is 0. The molecule has 0 bridgehead atoms. The molecular weight excluding hydrogens is 170 g/mol. The second-order valence-corrected chi connectivity index (χ2v) is 3.03. The molecule has 0 aromatic heterocycles. The SMILES string of the molecule is N#CS.O=S(=O)(O)S. The minimum absolute atomic E-state index is 1.44. The van der Waals surface area contributed by atoms with Crippen molar-refractivity contribution in [1.29, 1.82) is 5.26 Å². The highest BCUT2D eigenvalue weighted by molar-refractivity contribution is 8.61. The normalized spacial score (nSPS) is 8.25. The molecule has 1 N–H and O–H groups in total. The molecule has 7 heteroatoms. The lowest BCUT2D eigenvalue weighted by atomic mass is 11.8. The van der Waals surface area contributed by atoms with Crippen LogP contribution in [0.5, 0.6) is 0 Å². The highest BCUT2D eigenvalue weighted by Gasteiger charge is 1.83. The van der Waals surface area contributed by atoms with Crippen LogP contribution in [0, 0.1) is 10.7 Å². The molecule has 0 fully saturated rings. The van der Waals surface area contributed by atoms with Crippen LogP contribution in [0.2, 0.25) is 0 Å². The van der Waals surface area contributed by atoms with Crippen LogP contribution >= 0.6 is 24.3 Å². The van der Waals surface area contributed by atoms with Gasteiger partial charge in [-0.25, -0.2) is 0 Å². The fourth-order valence-corrected chi connectivity index (χ4v) is 0. The van der Waals surface area contributed by atoms with Gasteiger partial charge < -0.3 is 0 Å². The minimum atomic E-state index is -3.97. The molecule has 0 spiro atoms. The van der Waals surface area contributed by atoms with Gasteiger partial charge in [0.25, 0.3) is 0 Å². The van der Waals surface area contributed by atoms with Crippen LogP contribution in [0.25, 0.3) is 0 Å². The Balaban J connectivity index is 0. The average Bonchev–Trinajstić information content (AvgIpc) is 1.27. The number of hydrogen-bond donors (Lipinski definition) is 3. The molecule has 0 heterocycles. The molecule has 0 aliphatic heterocycles. The van der Waals surface area contributed by atoms with E-state index in [0.717, 1.165) is 0 Å². The second-order valence-electron chi connectivity index (χ2n) is 0.548. The van der Waals surface area contributed by atoms with Crippen molar-refractivity contribution < 1.29 is 13.0 Å². The molecule has 0 saturated carbocycles. The molecule has 48 valence electrons. The molecule has 0 unspecified atom stereocenters. The van der Waals surface area contributed by atoms with E-state index < -0.39 is 9.15 Å². The zero-order chi connectivity index (χ0) is 7.21. The Hall–Kier alpha value is 0.1000. The lowest BCUT2D eigenvalue weighted by Crippen LogP contribution is -1.78. The van der Waals surface area contributed by atoms with Crippen molar-refractivity contribution in [3.8, 4) is 5.40 Å². The molecule has 0 saturated heterocycles. The summed E-state index contributed by atoms with van der Waals surface area (Å²) < 4.78 is 25.5. The summed E-state index contributed by atoms with van der Waals surface area (Å²) in [6.07, 6.45) is 0. The first-order valence-corrected chi connectivity index (χ1v) is 4.09. The van der Waals surface area contributed by atoms with Crippen molar-refractivity contribution in [1.82, 2.24) is 0 Å². The number of hydrogen-bond acceptors (Lipinski definition) is 4. The number of thiocyanates is 1. The molecule has 0 rings (SSSR count). The summed E-state index contributed by atoms with van der Waals surface area (Å²) in [6, 6.07) is 0. The summed E-state index contributed by atoms with van der Waals surface area (Å²) in [6.45, 7) is 0. The first-order chi connectivity index (χ1) is 3.41. The third kappa shape index (κ3) is 15900. The summed E-state index contributed by atoms with van der Waals surface area (Å²) in [5.74, 6) is 0. The maximum absolute atomic E-state index is 9.05. The van der Waals surface area contributed by atoms with Crippen LogP contribution in [0.4, 0.5) is 0 Å². The van der Waals surface area contributed by atoms with Gasteiger partial charge >= 0.3 is 9.15 Å². The van der Waals surface area contributed by atoms with E-state index in [0.29, 0.717) is 0 Å². The Morgan fingerprint density at radius 2 is 1.62 bits per heavy atom. The fraction of sp³-hybridized carbons (Fsp3) is 0. The van der Waals surface area contributed by atoms with Gasteiger partial charge in [0.2, 0.25) is 0 Å². The molecule has 0 aromatic carbocycles. The van der Waals surface area contributed by atoms with Gasteiger partial charge in [0.15, 0.2) is 0 Å². The number of thiol groups is 2. The van der Waals surface area contributed by atoms with Crippen LogP contribution in [-0.2, 0) is 9.15 Å². The van der Waals surface area contributed by atoms with E-state index in [2.05, 4.69) is 24.3 Å². The van der Waals surface area contributed by atoms with E-state index >= 15 is 0 Å². The third-order valence-electron chi connectivity index (χ3n) is 0. The van der Waals surface area contributed by atoms with Gasteiger partial charge in [0, 0.05) is 0 Å². The molecular formula is CH3NO3S3. The zero-order valence-electron chi connectivity index (χ0n) is 3.51. The Bertz CT molecular complexity index is 155. The van der Waals surface area contributed by atoms with E-state index in [1.54, 1.807) is 0 Å². The average molecular weight is 173 g/mol. The number of nitrogens with zero attached hydrogens (tertiary/aromatic N) is 1. The van der Waals surface area contributed by atoms with E-state index in [1.165, 1.54) is 5.40 Å². The largest absolute Gasteiger partial charge is 0.316 e. The molecule has 8 heavy (non-hydrogen) atoms. The van der Waals surface area contributed by atoms with Crippen molar-refractivity contribution in [3.63, 3.8) is 0 Å². The van der Waals surface area contributed by atoms with Crippen LogP contribution < -0.4 is 0 Å². The van der Waals surface area contributed by atoms with Crippen molar-refractivity contribution >= 4 is 33.4 Å². The van der Waals surface area contributed by atoms with E-state index in [-0.39, 0.29) is 0 Å². The predicted octanol–water partition coefficient (Wildman–Crippen LogP) is 0.116. The maximum atomic E-state index is 9.05. The van der Waals surface area contributed by atoms with Crippen LogP contribution in [-0.4, -0.2) is 13.0 Å². The van der Waals surface area contributed by atoms with Gasteiger partial charge in [0.05, 0.1) is 0 Å². The van der Waals surface area contributed by atoms with Crippen molar-refractivity contribution in [2.75, 3.05) is 0 Å².